The third-order valence-corrected chi connectivity index (χ3v) is 2.99. The van der Waals surface area contributed by atoms with Gasteiger partial charge in [-0.3, -0.25) is 9.20 Å². The summed E-state index contributed by atoms with van der Waals surface area (Å²) in [4.78, 5) is 29.0. The van der Waals surface area contributed by atoms with E-state index in [1.165, 1.54) is 4.40 Å². The van der Waals surface area contributed by atoms with Crippen molar-refractivity contribution in [1.29, 1.82) is 0 Å². The smallest absolute Gasteiger partial charge is 0.356 e. The van der Waals surface area contributed by atoms with E-state index in [0.29, 0.717) is 18.6 Å². The molecule has 6 nitrogen and oxygen atoms in total. The molecule has 0 aliphatic heterocycles. The first-order valence-corrected chi connectivity index (χ1v) is 6.09. The minimum absolute atomic E-state index is 0.101. The fourth-order valence-corrected chi connectivity index (χ4v) is 2.00. The van der Waals surface area contributed by atoms with Gasteiger partial charge in [-0.1, -0.05) is 6.07 Å². The van der Waals surface area contributed by atoms with Crippen LogP contribution in [0.1, 0.15) is 35.0 Å². The first kappa shape index (κ1) is 13.1. The van der Waals surface area contributed by atoms with Crippen molar-refractivity contribution in [3.63, 3.8) is 0 Å². The first-order chi connectivity index (χ1) is 9.10. The zero-order valence-corrected chi connectivity index (χ0v) is 10.8. The highest BCUT2D eigenvalue weighted by molar-refractivity contribution is 5.98. The summed E-state index contributed by atoms with van der Waals surface area (Å²) in [5.74, 6) is -1.27. The van der Waals surface area contributed by atoms with Crippen molar-refractivity contribution in [2.45, 2.75) is 13.8 Å². The minimum atomic E-state index is -1.14. The standard InChI is InChI=1S/C13H15N3O3/c1-3-15(4-2)12(17)11-14-10(13(18)19)9-7-5-6-8-16(9)11/h5-8H,3-4H2,1-2H3,(H,18,19). The summed E-state index contributed by atoms with van der Waals surface area (Å²) in [6.07, 6.45) is 1.64. The highest BCUT2D eigenvalue weighted by atomic mass is 16.4. The Labute approximate surface area is 110 Å². The van der Waals surface area contributed by atoms with Crippen LogP contribution in [0.4, 0.5) is 0 Å². The molecule has 0 saturated heterocycles. The number of pyridine rings is 1. The second-order valence-corrected chi connectivity index (χ2v) is 4.02. The lowest BCUT2D eigenvalue weighted by Gasteiger charge is -2.17. The minimum Gasteiger partial charge on any atom is -0.476 e. The van der Waals surface area contributed by atoms with Crippen LogP contribution >= 0.6 is 0 Å². The van der Waals surface area contributed by atoms with Crippen LogP contribution in [0, 0.1) is 0 Å². The maximum Gasteiger partial charge on any atom is 0.356 e. The number of amides is 1. The maximum atomic E-state index is 12.3. The molecule has 0 spiro atoms. The molecule has 1 N–H and O–H groups in total. The monoisotopic (exact) mass is 261 g/mol. The van der Waals surface area contributed by atoms with Gasteiger partial charge >= 0.3 is 5.97 Å². The van der Waals surface area contributed by atoms with Gasteiger partial charge in [0.2, 0.25) is 5.82 Å². The summed E-state index contributed by atoms with van der Waals surface area (Å²) in [6.45, 7) is 4.85. The summed E-state index contributed by atoms with van der Waals surface area (Å²) < 4.78 is 1.52. The van der Waals surface area contributed by atoms with E-state index in [2.05, 4.69) is 4.98 Å². The van der Waals surface area contributed by atoms with Gasteiger partial charge in [-0.2, -0.15) is 0 Å². The lowest BCUT2D eigenvalue weighted by atomic mass is 10.3. The van der Waals surface area contributed by atoms with Crippen molar-refractivity contribution < 1.29 is 14.7 Å². The quantitative estimate of drug-likeness (QED) is 0.905. The zero-order valence-electron chi connectivity index (χ0n) is 10.8. The number of rotatable bonds is 4. The molecule has 0 bridgehead atoms. The fourth-order valence-electron chi connectivity index (χ4n) is 2.00. The molecule has 2 aromatic rings. The fraction of sp³-hybridized carbons (Fsp3) is 0.308. The van der Waals surface area contributed by atoms with Crippen molar-refractivity contribution in [3.05, 3.63) is 35.9 Å². The summed E-state index contributed by atoms with van der Waals surface area (Å²) in [5.41, 5.74) is 0.321. The van der Waals surface area contributed by atoms with Crippen molar-refractivity contribution in [2.75, 3.05) is 13.1 Å². The summed E-state index contributed by atoms with van der Waals surface area (Å²) in [5, 5.41) is 9.13. The van der Waals surface area contributed by atoms with Gasteiger partial charge < -0.3 is 10.0 Å². The highest BCUT2D eigenvalue weighted by Crippen LogP contribution is 2.14. The molecule has 0 atom stereocenters. The normalized spacial score (nSPS) is 10.6. The van der Waals surface area contributed by atoms with Crippen LogP contribution < -0.4 is 0 Å². The van der Waals surface area contributed by atoms with Crippen LogP contribution in [0.3, 0.4) is 0 Å². The summed E-state index contributed by atoms with van der Waals surface area (Å²) >= 11 is 0. The van der Waals surface area contributed by atoms with E-state index in [9.17, 15) is 9.59 Å². The van der Waals surface area contributed by atoms with Crippen LogP contribution in [-0.4, -0.2) is 44.4 Å². The molecule has 1 amide bonds. The lowest BCUT2D eigenvalue weighted by Crippen LogP contribution is -2.32. The summed E-state index contributed by atoms with van der Waals surface area (Å²) in [6, 6.07) is 5.09. The number of nitrogens with zero attached hydrogens (tertiary/aromatic N) is 3. The van der Waals surface area contributed by atoms with E-state index >= 15 is 0 Å². The van der Waals surface area contributed by atoms with Gasteiger partial charge in [-0.25, -0.2) is 9.78 Å². The summed E-state index contributed by atoms with van der Waals surface area (Å²) in [7, 11) is 0. The van der Waals surface area contributed by atoms with E-state index in [1.807, 2.05) is 13.8 Å². The van der Waals surface area contributed by atoms with Gasteiger partial charge in [0.05, 0.1) is 5.52 Å². The molecule has 19 heavy (non-hydrogen) atoms. The molecule has 6 heteroatoms. The Hall–Kier alpha value is -2.37. The molecule has 0 saturated carbocycles. The Morgan fingerprint density at radius 1 is 1.32 bits per heavy atom. The SMILES string of the molecule is CCN(CC)C(=O)c1nc(C(=O)O)c2ccccn12. The largest absolute Gasteiger partial charge is 0.476 e. The van der Waals surface area contributed by atoms with Crippen molar-refractivity contribution >= 4 is 17.4 Å². The molecular weight excluding hydrogens is 246 g/mol. The van der Waals surface area contributed by atoms with E-state index in [1.54, 1.807) is 29.3 Å². The molecule has 100 valence electrons. The van der Waals surface area contributed by atoms with E-state index < -0.39 is 5.97 Å². The zero-order chi connectivity index (χ0) is 14.0. The second-order valence-electron chi connectivity index (χ2n) is 4.02. The van der Waals surface area contributed by atoms with Crippen LogP contribution in [0.5, 0.6) is 0 Å². The van der Waals surface area contributed by atoms with E-state index in [0.717, 1.165) is 0 Å². The van der Waals surface area contributed by atoms with Gasteiger partial charge in [0.1, 0.15) is 0 Å². The molecule has 0 aliphatic carbocycles. The Morgan fingerprint density at radius 2 is 2.00 bits per heavy atom. The number of carboxylic acids is 1. The van der Waals surface area contributed by atoms with Crippen LogP contribution in [0.25, 0.3) is 5.52 Å². The number of hydrogen-bond donors (Lipinski definition) is 1. The number of fused-ring (bicyclic) bond motifs is 1. The highest BCUT2D eigenvalue weighted by Gasteiger charge is 2.23. The van der Waals surface area contributed by atoms with Gasteiger partial charge in [0.25, 0.3) is 5.91 Å². The van der Waals surface area contributed by atoms with Gasteiger partial charge in [0.15, 0.2) is 5.69 Å². The molecule has 0 aliphatic rings. The molecule has 2 rings (SSSR count). The van der Waals surface area contributed by atoms with Gasteiger partial charge in [-0.05, 0) is 26.0 Å². The third-order valence-electron chi connectivity index (χ3n) is 2.99. The Bertz CT molecular complexity index is 629. The predicted octanol–water partition coefficient (Wildman–Crippen LogP) is 1.51. The molecule has 2 heterocycles. The maximum absolute atomic E-state index is 12.3. The average Bonchev–Trinajstić information content (AvgIpc) is 2.79. The number of carbonyl (C=O) groups is 2. The van der Waals surface area contributed by atoms with Crippen LogP contribution in [0.2, 0.25) is 0 Å². The number of carbonyl (C=O) groups excluding carboxylic acids is 1. The van der Waals surface area contributed by atoms with E-state index in [4.69, 9.17) is 5.11 Å². The molecule has 0 fully saturated rings. The number of imidazole rings is 1. The lowest BCUT2D eigenvalue weighted by molar-refractivity contribution is 0.0693. The van der Waals surface area contributed by atoms with Crippen LogP contribution in [-0.2, 0) is 0 Å². The molecule has 0 radical (unpaired) electrons. The Morgan fingerprint density at radius 3 is 2.58 bits per heavy atom. The topological polar surface area (TPSA) is 74.9 Å². The number of hydrogen-bond acceptors (Lipinski definition) is 3. The average molecular weight is 261 g/mol. The van der Waals surface area contributed by atoms with Crippen molar-refractivity contribution in [2.24, 2.45) is 0 Å². The molecule has 0 aromatic carbocycles. The number of carboxylic acid groups (broad SMARTS) is 1. The third kappa shape index (κ3) is 2.16. The van der Waals surface area contributed by atoms with Gasteiger partial charge in [-0.15, -0.1) is 0 Å². The molecule has 0 unspecified atom stereocenters. The van der Waals surface area contributed by atoms with E-state index in [-0.39, 0.29) is 17.4 Å². The first-order valence-electron chi connectivity index (χ1n) is 6.09. The Kier molecular flexibility index (Phi) is 3.50. The van der Waals surface area contributed by atoms with Crippen molar-refractivity contribution in [1.82, 2.24) is 14.3 Å². The van der Waals surface area contributed by atoms with Crippen LogP contribution in [0.15, 0.2) is 24.4 Å². The molecule has 2 aromatic heterocycles. The van der Waals surface area contributed by atoms with Crippen molar-refractivity contribution in [3.8, 4) is 0 Å². The van der Waals surface area contributed by atoms with Gasteiger partial charge in [0, 0.05) is 19.3 Å². The molecular formula is C13H15N3O3. The second kappa shape index (κ2) is 5.09. The Balaban J connectivity index is 2.61. The number of aromatic carboxylic acids is 1. The number of aromatic nitrogens is 2. The predicted molar refractivity (Wildman–Crippen MR) is 69.4 cm³/mol.